The van der Waals surface area contributed by atoms with Crippen molar-refractivity contribution < 1.29 is 14.7 Å². The molecule has 1 aromatic rings. The van der Waals surface area contributed by atoms with Crippen LogP contribution in [0.1, 0.15) is 11.1 Å². The lowest BCUT2D eigenvalue weighted by Gasteiger charge is -2.19. The Hall–Kier alpha value is -2.04. The zero-order valence-electron chi connectivity index (χ0n) is 10.3. The van der Waals surface area contributed by atoms with Gasteiger partial charge in [0.2, 0.25) is 0 Å². The van der Waals surface area contributed by atoms with Crippen LogP contribution in [0.4, 0.5) is 4.79 Å². The molecule has 1 aromatic carbocycles. The van der Waals surface area contributed by atoms with E-state index in [1.807, 2.05) is 31.2 Å². The molecular weight excluding hydrogens is 232 g/mol. The Balaban J connectivity index is 1.99. The van der Waals surface area contributed by atoms with Crippen molar-refractivity contribution in [2.75, 3.05) is 19.6 Å². The van der Waals surface area contributed by atoms with Crippen molar-refractivity contribution in [1.82, 2.24) is 9.80 Å². The molecule has 0 atom stereocenters. The summed E-state index contributed by atoms with van der Waals surface area (Å²) in [7, 11) is 0. The Bertz CT molecular complexity index is 473. The van der Waals surface area contributed by atoms with Gasteiger partial charge in [-0.25, -0.2) is 4.79 Å². The zero-order valence-corrected chi connectivity index (χ0v) is 10.3. The number of rotatable bonds is 4. The molecule has 2 amide bonds. The number of aliphatic carboxylic acids is 1. The van der Waals surface area contributed by atoms with E-state index in [0.29, 0.717) is 19.6 Å². The molecular formula is C13H15N2O3-. The summed E-state index contributed by atoms with van der Waals surface area (Å²) in [5, 5.41) is 10.5. The first-order valence-electron chi connectivity index (χ1n) is 5.85. The van der Waals surface area contributed by atoms with Crippen LogP contribution in [0.5, 0.6) is 0 Å². The smallest absolute Gasteiger partial charge is 0.320 e. The maximum atomic E-state index is 11.9. The standard InChI is InChI=1S/C13H16N2O3/c1-10-3-2-4-11(7-10)8-14-5-6-15(13(14)18)9-12(16)17/h2-4,7H,5-6,8-9H2,1H3,(H,16,17)/p-1. The van der Waals surface area contributed by atoms with E-state index < -0.39 is 5.97 Å². The van der Waals surface area contributed by atoms with Crippen molar-refractivity contribution in [1.29, 1.82) is 0 Å². The number of carboxylic acid groups (broad SMARTS) is 1. The van der Waals surface area contributed by atoms with Gasteiger partial charge in [-0.05, 0) is 12.5 Å². The van der Waals surface area contributed by atoms with Gasteiger partial charge in [-0.2, -0.15) is 0 Å². The number of hydrogen-bond donors (Lipinski definition) is 0. The van der Waals surface area contributed by atoms with Crippen molar-refractivity contribution in [2.24, 2.45) is 0 Å². The molecule has 96 valence electrons. The number of aryl methyl sites for hydroxylation is 1. The zero-order chi connectivity index (χ0) is 13.1. The number of carbonyl (C=O) groups excluding carboxylic acids is 2. The number of nitrogens with zero attached hydrogens (tertiary/aromatic N) is 2. The third kappa shape index (κ3) is 2.80. The van der Waals surface area contributed by atoms with Crippen LogP contribution in [0.15, 0.2) is 24.3 Å². The SMILES string of the molecule is Cc1cccc(CN2CCN(CC(=O)[O-])C2=O)c1. The lowest BCUT2D eigenvalue weighted by molar-refractivity contribution is -0.305. The lowest BCUT2D eigenvalue weighted by Crippen LogP contribution is -2.40. The third-order valence-corrected chi connectivity index (χ3v) is 2.96. The average Bonchev–Trinajstić information content (AvgIpc) is 2.61. The predicted molar refractivity (Wildman–Crippen MR) is 63.6 cm³/mol. The van der Waals surface area contributed by atoms with Crippen molar-refractivity contribution in [2.45, 2.75) is 13.5 Å². The number of carbonyl (C=O) groups is 2. The van der Waals surface area contributed by atoms with E-state index in [1.54, 1.807) is 4.90 Å². The summed E-state index contributed by atoms with van der Waals surface area (Å²) in [6.07, 6.45) is 0. The normalized spacial score (nSPS) is 15.3. The summed E-state index contributed by atoms with van der Waals surface area (Å²) in [5.74, 6) is -1.22. The molecule has 0 unspecified atom stereocenters. The van der Waals surface area contributed by atoms with Gasteiger partial charge in [0.05, 0.1) is 12.5 Å². The fraction of sp³-hybridized carbons (Fsp3) is 0.385. The molecule has 5 nitrogen and oxygen atoms in total. The number of hydrogen-bond acceptors (Lipinski definition) is 3. The molecule has 0 N–H and O–H groups in total. The first kappa shape index (κ1) is 12.4. The minimum Gasteiger partial charge on any atom is -0.548 e. The Morgan fingerprint density at radius 1 is 1.33 bits per heavy atom. The fourth-order valence-corrected chi connectivity index (χ4v) is 2.11. The minimum atomic E-state index is -1.22. The largest absolute Gasteiger partial charge is 0.548 e. The summed E-state index contributed by atoms with van der Waals surface area (Å²) in [6, 6.07) is 7.69. The summed E-state index contributed by atoms with van der Waals surface area (Å²) < 4.78 is 0. The van der Waals surface area contributed by atoms with Gasteiger partial charge in [0.25, 0.3) is 0 Å². The Labute approximate surface area is 106 Å². The van der Waals surface area contributed by atoms with Crippen LogP contribution in [0.25, 0.3) is 0 Å². The molecule has 0 aromatic heterocycles. The van der Waals surface area contributed by atoms with Crippen molar-refractivity contribution in [3.63, 3.8) is 0 Å². The second-order valence-corrected chi connectivity index (χ2v) is 4.49. The maximum Gasteiger partial charge on any atom is 0.320 e. The molecule has 0 saturated carbocycles. The molecule has 5 heteroatoms. The lowest BCUT2D eigenvalue weighted by atomic mass is 10.1. The highest BCUT2D eigenvalue weighted by Gasteiger charge is 2.27. The predicted octanol–water partition coefficient (Wildman–Crippen LogP) is -0.0175. The second-order valence-electron chi connectivity index (χ2n) is 4.49. The van der Waals surface area contributed by atoms with Gasteiger partial charge in [0, 0.05) is 19.6 Å². The highest BCUT2D eigenvalue weighted by Crippen LogP contribution is 2.13. The van der Waals surface area contributed by atoms with Gasteiger partial charge in [-0.15, -0.1) is 0 Å². The molecule has 0 aliphatic carbocycles. The van der Waals surface area contributed by atoms with Gasteiger partial charge in [-0.1, -0.05) is 29.8 Å². The van der Waals surface area contributed by atoms with E-state index in [-0.39, 0.29) is 12.6 Å². The van der Waals surface area contributed by atoms with Crippen LogP contribution >= 0.6 is 0 Å². The Morgan fingerprint density at radius 2 is 2.06 bits per heavy atom. The fourth-order valence-electron chi connectivity index (χ4n) is 2.11. The van der Waals surface area contributed by atoms with Crippen molar-refractivity contribution in [3.05, 3.63) is 35.4 Å². The monoisotopic (exact) mass is 247 g/mol. The quantitative estimate of drug-likeness (QED) is 0.751. The summed E-state index contributed by atoms with van der Waals surface area (Å²) >= 11 is 0. The topological polar surface area (TPSA) is 63.7 Å². The van der Waals surface area contributed by atoms with Crippen LogP contribution in [-0.4, -0.2) is 41.4 Å². The molecule has 1 heterocycles. The summed E-state index contributed by atoms with van der Waals surface area (Å²) in [4.78, 5) is 25.3. The molecule has 2 rings (SSSR count). The molecule has 0 bridgehead atoms. The third-order valence-electron chi connectivity index (χ3n) is 2.96. The number of carboxylic acids is 1. The molecule has 18 heavy (non-hydrogen) atoms. The van der Waals surface area contributed by atoms with Gasteiger partial charge < -0.3 is 19.7 Å². The van der Waals surface area contributed by atoms with Crippen molar-refractivity contribution in [3.8, 4) is 0 Å². The van der Waals surface area contributed by atoms with Crippen LogP contribution < -0.4 is 5.11 Å². The highest BCUT2D eigenvalue weighted by molar-refractivity contribution is 5.81. The van der Waals surface area contributed by atoms with E-state index in [0.717, 1.165) is 11.1 Å². The summed E-state index contributed by atoms with van der Waals surface area (Å²) in [6.45, 7) is 3.18. The molecule has 0 spiro atoms. The molecule has 1 aliphatic rings. The van der Waals surface area contributed by atoms with Crippen LogP contribution in [0.2, 0.25) is 0 Å². The van der Waals surface area contributed by atoms with Crippen LogP contribution in [0.3, 0.4) is 0 Å². The van der Waals surface area contributed by atoms with Gasteiger partial charge in [-0.3, -0.25) is 0 Å². The molecule has 1 aliphatic heterocycles. The van der Waals surface area contributed by atoms with E-state index in [2.05, 4.69) is 0 Å². The van der Waals surface area contributed by atoms with Gasteiger partial charge >= 0.3 is 6.03 Å². The molecule has 0 radical (unpaired) electrons. The number of urea groups is 1. The highest BCUT2D eigenvalue weighted by atomic mass is 16.4. The van der Waals surface area contributed by atoms with Crippen molar-refractivity contribution >= 4 is 12.0 Å². The van der Waals surface area contributed by atoms with E-state index in [1.165, 1.54) is 4.90 Å². The van der Waals surface area contributed by atoms with E-state index in [4.69, 9.17) is 0 Å². The molecule has 1 saturated heterocycles. The van der Waals surface area contributed by atoms with E-state index >= 15 is 0 Å². The minimum absolute atomic E-state index is 0.235. The number of benzene rings is 1. The Morgan fingerprint density at radius 3 is 2.72 bits per heavy atom. The summed E-state index contributed by atoms with van der Waals surface area (Å²) in [5.41, 5.74) is 2.20. The van der Waals surface area contributed by atoms with Gasteiger partial charge in [0.15, 0.2) is 0 Å². The van der Waals surface area contributed by atoms with Gasteiger partial charge in [0.1, 0.15) is 0 Å². The van der Waals surface area contributed by atoms with Crippen LogP contribution in [0, 0.1) is 6.92 Å². The second kappa shape index (κ2) is 5.08. The first-order valence-corrected chi connectivity index (χ1v) is 5.85. The number of amides is 2. The molecule has 1 fully saturated rings. The maximum absolute atomic E-state index is 11.9. The van der Waals surface area contributed by atoms with Crippen LogP contribution in [-0.2, 0) is 11.3 Å². The van der Waals surface area contributed by atoms with E-state index in [9.17, 15) is 14.7 Å². The first-order chi connectivity index (χ1) is 8.56. The average molecular weight is 247 g/mol. The Kier molecular flexibility index (Phi) is 3.50.